The lowest BCUT2D eigenvalue weighted by atomic mass is 10.1. The van der Waals surface area contributed by atoms with Crippen molar-refractivity contribution in [1.82, 2.24) is 9.55 Å². The van der Waals surface area contributed by atoms with Crippen LogP contribution in [0.15, 0.2) is 65.6 Å². The van der Waals surface area contributed by atoms with Gasteiger partial charge in [-0.3, -0.25) is 4.79 Å². The number of nitrogens with one attached hydrogen (secondary N) is 1. The van der Waals surface area contributed by atoms with E-state index in [-0.39, 0.29) is 5.56 Å². The summed E-state index contributed by atoms with van der Waals surface area (Å²) in [5, 5.41) is 4.92. The van der Waals surface area contributed by atoms with Crippen LogP contribution in [0.25, 0.3) is 22.0 Å². The molecule has 0 bridgehead atoms. The summed E-state index contributed by atoms with van der Waals surface area (Å²) < 4.78 is 7.04. The molecule has 0 saturated carbocycles. The minimum Gasteiger partial charge on any atom is -0.494 e. The van der Waals surface area contributed by atoms with E-state index in [2.05, 4.69) is 10.3 Å². The second-order valence-electron chi connectivity index (χ2n) is 6.73. The number of aromatic nitrogens is 2. The van der Waals surface area contributed by atoms with Crippen LogP contribution in [-0.4, -0.2) is 16.2 Å². The van der Waals surface area contributed by atoms with E-state index in [0.717, 1.165) is 22.3 Å². The molecule has 0 atom stereocenters. The van der Waals surface area contributed by atoms with Crippen LogP contribution in [0.2, 0.25) is 10.0 Å². The molecule has 4 rings (SSSR count). The molecular weight excluding hydrogens is 421 g/mol. The number of hydrogen-bond acceptors (Lipinski definition) is 4. The van der Waals surface area contributed by atoms with E-state index < -0.39 is 0 Å². The van der Waals surface area contributed by atoms with Crippen molar-refractivity contribution < 1.29 is 4.74 Å². The molecule has 2 heterocycles. The van der Waals surface area contributed by atoms with Gasteiger partial charge in [0.15, 0.2) is 0 Å². The van der Waals surface area contributed by atoms with Crippen molar-refractivity contribution in [2.75, 3.05) is 11.9 Å². The molecule has 4 aromatic rings. The minimum absolute atomic E-state index is 0.185. The lowest BCUT2D eigenvalue weighted by Gasteiger charge is -2.13. The van der Waals surface area contributed by atoms with Crippen molar-refractivity contribution in [2.45, 2.75) is 6.92 Å². The van der Waals surface area contributed by atoms with Gasteiger partial charge >= 0.3 is 0 Å². The molecule has 7 heteroatoms. The monoisotopic (exact) mass is 439 g/mol. The van der Waals surface area contributed by atoms with E-state index >= 15 is 0 Å². The summed E-state index contributed by atoms with van der Waals surface area (Å²) in [6.45, 7) is 2.56. The zero-order valence-corrected chi connectivity index (χ0v) is 18.0. The summed E-state index contributed by atoms with van der Waals surface area (Å²) in [6.07, 6.45) is 1.72. The quantitative estimate of drug-likeness (QED) is 0.411. The van der Waals surface area contributed by atoms with E-state index in [1.165, 1.54) is 0 Å². The van der Waals surface area contributed by atoms with Crippen LogP contribution in [0, 0.1) is 0 Å². The molecule has 0 fully saturated rings. The molecule has 0 unspecified atom stereocenters. The van der Waals surface area contributed by atoms with Gasteiger partial charge in [0.25, 0.3) is 5.56 Å². The molecule has 152 valence electrons. The predicted molar refractivity (Wildman–Crippen MR) is 123 cm³/mol. The molecule has 0 aliphatic rings. The maximum absolute atomic E-state index is 13.0. The maximum Gasteiger partial charge on any atom is 0.258 e. The number of ether oxygens (including phenoxy) is 1. The van der Waals surface area contributed by atoms with E-state index in [1.807, 2.05) is 37.3 Å². The fourth-order valence-corrected chi connectivity index (χ4v) is 3.92. The summed E-state index contributed by atoms with van der Waals surface area (Å²) in [6, 6.07) is 16.4. The highest BCUT2D eigenvalue weighted by atomic mass is 35.5. The van der Waals surface area contributed by atoms with Crippen molar-refractivity contribution in [1.29, 1.82) is 0 Å². The van der Waals surface area contributed by atoms with Gasteiger partial charge in [-0.25, -0.2) is 4.98 Å². The third kappa shape index (κ3) is 3.86. The van der Waals surface area contributed by atoms with Gasteiger partial charge < -0.3 is 14.6 Å². The Morgan fingerprint density at radius 3 is 2.43 bits per heavy atom. The van der Waals surface area contributed by atoms with Gasteiger partial charge in [-0.15, -0.1) is 0 Å². The Labute approximate surface area is 183 Å². The lowest BCUT2D eigenvalue weighted by Crippen LogP contribution is -2.19. The molecule has 0 saturated heterocycles. The molecule has 5 nitrogen and oxygen atoms in total. The number of fused-ring (bicyclic) bond motifs is 1. The summed E-state index contributed by atoms with van der Waals surface area (Å²) in [4.78, 5) is 17.5. The Balaban J connectivity index is 1.74. The smallest absolute Gasteiger partial charge is 0.258 e. The van der Waals surface area contributed by atoms with Crippen LogP contribution in [0.1, 0.15) is 6.92 Å². The van der Waals surface area contributed by atoms with Gasteiger partial charge in [0.2, 0.25) is 0 Å². The van der Waals surface area contributed by atoms with E-state index in [1.54, 1.807) is 42.1 Å². The molecule has 0 radical (unpaired) electrons. The molecule has 2 aromatic heterocycles. The highest BCUT2D eigenvalue weighted by molar-refractivity contribution is 6.39. The largest absolute Gasteiger partial charge is 0.494 e. The summed E-state index contributed by atoms with van der Waals surface area (Å²) in [5.74, 6) is 1.44. The average Bonchev–Trinajstić information content (AvgIpc) is 2.73. The second-order valence-corrected chi connectivity index (χ2v) is 7.54. The van der Waals surface area contributed by atoms with Crippen molar-refractivity contribution in [3.8, 4) is 16.9 Å². The standard InChI is InChI=1S/C23H19Cl2N3O2/c1-3-30-16-9-7-15(8-10-16)27-21-12-20-14(13-26-21)11-17(23(29)28(20)2)22-18(24)5-4-6-19(22)25/h4-13H,3H2,1-2H3,(H,26,27). The lowest BCUT2D eigenvalue weighted by molar-refractivity contribution is 0.340. The third-order valence-corrected chi connectivity index (χ3v) is 5.41. The predicted octanol–water partition coefficient (Wildman–Crippen LogP) is 6.05. The van der Waals surface area contributed by atoms with Crippen LogP contribution >= 0.6 is 23.2 Å². The normalized spacial score (nSPS) is 10.9. The maximum atomic E-state index is 13.0. The zero-order chi connectivity index (χ0) is 21.3. The van der Waals surface area contributed by atoms with Gasteiger partial charge in [-0.05, 0) is 49.4 Å². The minimum atomic E-state index is -0.185. The molecule has 0 aliphatic carbocycles. The first-order valence-electron chi connectivity index (χ1n) is 9.42. The summed E-state index contributed by atoms with van der Waals surface area (Å²) in [7, 11) is 1.72. The van der Waals surface area contributed by atoms with Crippen molar-refractivity contribution in [3.05, 3.63) is 81.2 Å². The molecule has 0 aliphatic heterocycles. The van der Waals surface area contributed by atoms with Gasteiger partial charge in [-0.2, -0.15) is 0 Å². The van der Waals surface area contributed by atoms with E-state index in [4.69, 9.17) is 27.9 Å². The van der Waals surface area contributed by atoms with E-state index in [9.17, 15) is 4.79 Å². The number of hydrogen-bond donors (Lipinski definition) is 1. The van der Waals surface area contributed by atoms with Crippen molar-refractivity contribution >= 4 is 45.6 Å². The second kappa shape index (κ2) is 8.38. The van der Waals surface area contributed by atoms with Crippen LogP contribution in [0.5, 0.6) is 5.75 Å². The first kappa shape index (κ1) is 20.3. The number of halogens is 2. The van der Waals surface area contributed by atoms with Gasteiger partial charge in [0.1, 0.15) is 11.6 Å². The molecule has 0 amide bonds. The van der Waals surface area contributed by atoms with Gasteiger partial charge in [-0.1, -0.05) is 29.3 Å². The fourth-order valence-electron chi connectivity index (χ4n) is 3.32. The van der Waals surface area contributed by atoms with Crippen LogP contribution < -0.4 is 15.6 Å². The zero-order valence-electron chi connectivity index (χ0n) is 16.4. The average molecular weight is 440 g/mol. The first-order valence-corrected chi connectivity index (χ1v) is 10.2. The summed E-state index contributed by atoms with van der Waals surface area (Å²) >= 11 is 12.6. The Morgan fingerprint density at radius 1 is 1.07 bits per heavy atom. The summed E-state index contributed by atoms with van der Waals surface area (Å²) in [5.41, 5.74) is 2.40. The molecule has 2 aromatic carbocycles. The number of anilines is 2. The number of rotatable bonds is 5. The van der Waals surface area contributed by atoms with Gasteiger partial charge in [0, 0.05) is 35.9 Å². The topological polar surface area (TPSA) is 56.1 Å². The molecule has 0 spiro atoms. The Kier molecular flexibility index (Phi) is 5.66. The van der Waals surface area contributed by atoms with Gasteiger partial charge in [0.05, 0.1) is 27.7 Å². The highest BCUT2D eigenvalue weighted by Gasteiger charge is 2.15. The van der Waals surface area contributed by atoms with Crippen LogP contribution in [-0.2, 0) is 7.05 Å². The number of nitrogens with zero attached hydrogens (tertiary/aromatic N) is 2. The number of pyridine rings is 2. The van der Waals surface area contributed by atoms with Crippen molar-refractivity contribution in [3.63, 3.8) is 0 Å². The van der Waals surface area contributed by atoms with Crippen molar-refractivity contribution in [2.24, 2.45) is 7.05 Å². The van der Waals surface area contributed by atoms with Crippen LogP contribution in [0.3, 0.4) is 0 Å². The Bertz CT molecular complexity index is 1260. The Hall–Kier alpha value is -3.02. The molecule has 1 N–H and O–H groups in total. The Morgan fingerprint density at radius 2 is 1.77 bits per heavy atom. The number of benzene rings is 2. The highest BCUT2D eigenvalue weighted by Crippen LogP contribution is 2.34. The molecular formula is C23H19Cl2N3O2. The number of aryl methyl sites for hydroxylation is 1. The molecule has 30 heavy (non-hydrogen) atoms. The van der Waals surface area contributed by atoms with Crippen LogP contribution in [0.4, 0.5) is 11.5 Å². The van der Waals surface area contributed by atoms with E-state index in [0.29, 0.717) is 33.6 Å². The SMILES string of the molecule is CCOc1ccc(Nc2cc3c(cn2)cc(-c2c(Cl)cccc2Cl)c(=O)n3C)cc1. The third-order valence-electron chi connectivity index (χ3n) is 4.78. The fraction of sp³-hybridized carbons (Fsp3) is 0.130. The first-order chi connectivity index (χ1) is 14.5.